The molecule has 0 amide bonds. The van der Waals surface area contributed by atoms with E-state index in [1.165, 1.54) is 12.3 Å². The number of carboxylic acids is 1. The lowest BCUT2D eigenvalue weighted by Crippen LogP contribution is -2.47. The largest absolute Gasteiger partial charge is 0.477 e. The molecule has 1 saturated carbocycles. The standard InChI is InChI=1S/C26H26FN3O4/c27-21-14-19-22(30(18-6-7-18)16-20(25(19)32)26(33)34)15-23(21)29-12-10-28(11-13-29)9-8-24(31)17-4-2-1-3-5-17/h1-5,14-16,18H,6-13H2,(H,33,34). The summed E-state index contributed by atoms with van der Waals surface area (Å²) in [7, 11) is 0. The van der Waals surface area contributed by atoms with E-state index in [2.05, 4.69) is 4.90 Å². The average Bonchev–Trinajstić information content (AvgIpc) is 3.69. The third-order valence-corrected chi connectivity index (χ3v) is 6.74. The summed E-state index contributed by atoms with van der Waals surface area (Å²) in [5.74, 6) is -1.71. The first-order chi connectivity index (χ1) is 16.4. The van der Waals surface area contributed by atoms with Crippen LogP contribution in [0.4, 0.5) is 10.1 Å². The van der Waals surface area contributed by atoms with Crippen LogP contribution in [0.3, 0.4) is 0 Å². The Morgan fingerprint density at radius 1 is 1.03 bits per heavy atom. The van der Waals surface area contributed by atoms with Crippen molar-refractivity contribution in [3.8, 4) is 0 Å². The number of pyridine rings is 1. The highest BCUT2D eigenvalue weighted by Gasteiger charge is 2.28. The summed E-state index contributed by atoms with van der Waals surface area (Å²) in [5.41, 5.74) is 0.726. The highest BCUT2D eigenvalue weighted by molar-refractivity contribution is 5.96. The molecule has 0 radical (unpaired) electrons. The van der Waals surface area contributed by atoms with Gasteiger partial charge in [0.05, 0.1) is 11.2 Å². The number of aromatic carboxylic acids is 1. The van der Waals surface area contributed by atoms with Crippen molar-refractivity contribution >= 4 is 28.3 Å². The number of halogens is 1. The molecule has 1 aliphatic carbocycles. The van der Waals surface area contributed by atoms with E-state index >= 15 is 4.39 Å². The van der Waals surface area contributed by atoms with Gasteiger partial charge in [0, 0.05) is 62.3 Å². The van der Waals surface area contributed by atoms with Crippen molar-refractivity contribution in [3.05, 3.63) is 75.8 Å². The Morgan fingerprint density at radius 3 is 2.38 bits per heavy atom. The van der Waals surface area contributed by atoms with Gasteiger partial charge in [0.25, 0.3) is 0 Å². The molecule has 2 fully saturated rings. The molecule has 0 spiro atoms. The number of piperazine rings is 1. The molecule has 7 nitrogen and oxygen atoms in total. The molecular formula is C26H26FN3O4. The minimum Gasteiger partial charge on any atom is -0.477 e. The molecule has 1 aliphatic heterocycles. The van der Waals surface area contributed by atoms with Crippen molar-refractivity contribution in [1.82, 2.24) is 9.47 Å². The van der Waals surface area contributed by atoms with Gasteiger partial charge >= 0.3 is 5.97 Å². The number of hydrogen-bond acceptors (Lipinski definition) is 5. The summed E-state index contributed by atoms with van der Waals surface area (Å²) >= 11 is 0. The van der Waals surface area contributed by atoms with Gasteiger partial charge in [0.2, 0.25) is 5.43 Å². The van der Waals surface area contributed by atoms with Crippen LogP contribution in [0.15, 0.2) is 53.5 Å². The minimum absolute atomic E-state index is 0.103. The van der Waals surface area contributed by atoms with Gasteiger partial charge in [0.15, 0.2) is 5.78 Å². The number of benzene rings is 2. The van der Waals surface area contributed by atoms with Gasteiger partial charge in [0.1, 0.15) is 11.4 Å². The van der Waals surface area contributed by atoms with Crippen molar-refractivity contribution < 1.29 is 19.1 Å². The van der Waals surface area contributed by atoms with E-state index in [1.54, 1.807) is 6.07 Å². The van der Waals surface area contributed by atoms with Crippen molar-refractivity contribution in [2.24, 2.45) is 0 Å². The molecule has 5 rings (SSSR count). The van der Waals surface area contributed by atoms with Crippen molar-refractivity contribution in [2.45, 2.75) is 25.3 Å². The van der Waals surface area contributed by atoms with Crippen molar-refractivity contribution in [2.75, 3.05) is 37.6 Å². The number of rotatable bonds is 7. The highest BCUT2D eigenvalue weighted by Crippen LogP contribution is 2.38. The first-order valence-corrected chi connectivity index (χ1v) is 11.6. The van der Waals surface area contributed by atoms with Crippen LogP contribution < -0.4 is 10.3 Å². The fraction of sp³-hybridized carbons (Fsp3) is 0.346. The molecule has 1 aromatic heterocycles. The Balaban J connectivity index is 1.32. The summed E-state index contributed by atoms with van der Waals surface area (Å²) in [4.78, 5) is 40.7. The summed E-state index contributed by atoms with van der Waals surface area (Å²) in [5, 5.41) is 9.51. The van der Waals surface area contributed by atoms with Crippen LogP contribution in [-0.2, 0) is 0 Å². The first-order valence-electron chi connectivity index (χ1n) is 11.6. The lowest BCUT2D eigenvalue weighted by atomic mass is 10.1. The second-order valence-electron chi connectivity index (χ2n) is 9.00. The molecule has 0 atom stereocenters. The molecule has 8 heteroatoms. The SMILES string of the molecule is O=C(CCN1CCN(c2cc3c(cc2F)c(=O)c(C(=O)O)cn3C2CC2)CC1)c1ccccc1. The molecular weight excluding hydrogens is 437 g/mol. The van der Waals surface area contributed by atoms with E-state index in [-0.39, 0.29) is 22.8 Å². The smallest absolute Gasteiger partial charge is 0.341 e. The second kappa shape index (κ2) is 9.02. The first kappa shape index (κ1) is 22.3. The van der Waals surface area contributed by atoms with Crippen LogP contribution in [0.5, 0.6) is 0 Å². The van der Waals surface area contributed by atoms with Crippen LogP contribution in [-0.4, -0.2) is 59.0 Å². The van der Waals surface area contributed by atoms with E-state index in [0.717, 1.165) is 12.8 Å². The van der Waals surface area contributed by atoms with Gasteiger partial charge in [-0.2, -0.15) is 0 Å². The number of nitrogens with zero attached hydrogens (tertiary/aromatic N) is 3. The monoisotopic (exact) mass is 463 g/mol. The quantitative estimate of drug-likeness (QED) is 0.540. The zero-order chi connectivity index (χ0) is 23.8. The van der Waals surface area contributed by atoms with Gasteiger partial charge in [-0.1, -0.05) is 30.3 Å². The summed E-state index contributed by atoms with van der Waals surface area (Å²) in [6.45, 7) is 3.26. The maximum Gasteiger partial charge on any atom is 0.341 e. The number of aromatic nitrogens is 1. The predicted molar refractivity (Wildman–Crippen MR) is 127 cm³/mol. The van der Waals surface area contributed by atoms with Gasteiger partial charge < -0.3 is 14.6 Å². The maximum absolute atomic E-state index is 15.1. The Kier molecular flexibility index (Phi) is 5.91. The number of hydrogen-bond donors (Lipinski definition) is 1. The van der Waals surface area contributed by atoms with Gasteiger partial charge in [-0.25, -0.2) is 9.18 Å². The third kappa shape index (κ3) is 4.33. The van der Waals surface area contributed by atoms with Crippen LogP contribution in [0, 0.1) is 5.82 Å². The van der Waals surface area contributed by atoms with Crippen LogP contribution in [0.2, 0.25) is 0 Å². The Bertz CT molecular complexity index is 1310. The number of carbonyl (C=O) groups excluding carboxylic acids is 1. The normalized spacial score (nSPS) is 16.7. The van der Waals surface area contributed by atoms with E-state index in [4.69, 9.17) is 0 Å². The highest BCUT2D eigenvalue weighted by atomic mass is 19.1. The predicted octanol–water partition coefficient (Wildman–Crippen LogP) is 3.57. The van der Waals surface area contributed by atoms with Crippen LogP contribution >= 0.6 is 0 Å². The molecule has 2 aliphatic rings. The number of fused-ring (bicyclic) bond motifs is 1. The third-order valence-electron chi connectivity index (χ3n) is 6.74. The molecule has 3 aromatic rings. The Morgan fingerprint density at radius 2 is 1.74 bits per heavy atom. The molecule has 34 heavy (non-hydrogen) atoms. The molecule has 1 saturated heterocycles. The molecule has 1 N–H and O–H groups in total. The second-order valence-corrected chi connectivity index (χ2v) is 9.00. The molecule has 0 bridgehead atoms. The summed E-state index contributed by atoms with van der Waals surface area (Å²) < 4.78 is 16.9. The summed E-state index contributed by atoms with van der Waals surface area (Å²) in [6.07, 6.45) is 3.65. The number of anilines is 1. The number of Topliss-reactive ketones (excluding diaryl/α,β-unsaturated/α-hetero) is 1. The van der Waals surface area contributed by atoms with Crippen molar-refractivity contribution in [1.29, 1.82) is 0 Å². The molecule has 176 valence electrons. The Labute approximate surface area is 196 Å². The van der Waals surface area contributed by atoms with E-state index in [1.807, 2.05) is 39.8 Å². The lowest BCUT2D eigenvalue weighted by molar-refractivity contribution is 0.0694. The topological polar surface area (TPSA) is 82.8 Å². The number of carbonyl (C=O) groups is 2. The van der Waals surface area contributed by atoms with E-state index < -0.39 is 17.2 Å². The fourth-order valence-corrected chi connectivity index (χ4v) is 4.65. The summed E-state index contributed by atoms with van der Waals surface area (Å²) in [6, 6.07) is 12.3. The van der Waals surface area contributed by atoms with Gasteiger partial charge in [-0.15, -0.1) is 0 Å². The maximum atomic E-state index is 15.1. The zero-order valence-corrected chi connectivity index (χ0v) is 18.7. The van der Waals surface area contributed by atoms with Crippen LogP contribution in [0.1, 0.15) is 46.0 Å². The minimum atomic E-state index is -1.30. The molecule has 2 heterocycles. The average molecular weight is 464 g/mol. The molecule has 2 aromatic carbocycles. The molecule has 0 unspecified atom stereocenters. The van der Waals surface area contributed by atoms with Crippen LogP contribution in [0.25, 0.3) is 10.9 Å². The van der Waals surface area contributed by atoms with Gasteiger partial charge in [-0.05, 0) is 25.0 Å². The Hall–Kier alpha value is -3.52. The zero-order valence-electron chi connectivity index (χ0n) is 18.7. The fourth-order valence-electron chi connectivity index (χ4n) is 4.65. The number of ketones is 1. The van der Waals surface area contributed by atoms with E-state index in [0.29, 0.717) is 55.9 Å². The van der Waals surface area contributed by atoms with Gasteiger partial charge in [-0.3, -0.25) is 14.5 Å². The van der Waals surface area contributed by atoms with E-state index in [9.17, 15) is 19.5 Å². The lowest BCUT2D eigenvalue weighted by Gasteiger charge is -2.36. The number of carboxylic acid groups (broad SMARTS) is 1. The van der Waals surface area contributed by atoms with Crippen molar-refractivity contribution in [3.63, 3.8) is 0 Å².